The summed E-state index contributed by atoms with van der Waals surface area (Å²) in [5.74, 6) is -0.570. The highest BCUT2D eigenvalue weighted by atomic mass is 32.2. The van der Waals surface area contributed by atoms with Crippen LogP contribution in [0.3, 0.4) is 0 Å². The van der Waals surface area contributed by atoms with E-state index in [0.717, 1.165) is 25.0 Å². The molecule has 0 unspecified atom stereocenters. The molecule has 3 rings (SSSR count). The summed E-state index contributed by atoms with van der Waals surface area (Å²) in [6.07, 6.45) is -4.45. The van der Waals surface area contributed by atoms with Gasteiger partial charge in [-0.05, 0) is 36.8 Å². The number of aliphatic hydroxyl groups excluding tert-OH is 1. The topological polar surface area (TPSA) is 96.7 Å². The Labute approximate surface area is 195 Å². The zero-order valence-electron chi connectivity index (χ0n) is 18.4. The van der Waals surface area contributed by atoms with Crippen LogP contribution in [-0.2, 0) is 14.8 Å². The van der Waals surface area contributed by atoms with E-state index < -0.39 is 41.0 Å². The van der Waals surface area contributed by atoms with E-state index in [1.807, 2.05) is 6.92 Å². The van der Waals surface area contributed by atoms with Crippen molar-refractivity contribution < 1.29 is 31.6 Å². The van der Waals surface area contributed by atoms with Gasteiger partial charge < -0.3 is 23.7 Å². The maximum absolute atomic E-state index is 13.8. The SMILES string of the molecule is CCCC[S-](=O)=Nc1cc(C)c2c(Nc3ccc(F)cc3O[C@H](CO)C(F)(F)F)ncnc2c1. The van der Waals surface area contributed by atoms with E-state index in [-0.39, 0.29) is 11.5 Å². The summed E-state index contributed by atoms with van der Waals surface area (Å²) in [5, 5.41) is 12.5. The molecule has 1 heterocycles. The summed E-state index contributed by atoms with van der Waals surface area (Å²) in [7, 11) is -1.38. The number of nitrogens with one attached hydrogen (secondary N) is 1. The molecular formula is C22H23F4N4O3S-. The molecule has 0 saturated carbocycles. The van der Waals surface area contributed by atoms with Gasteiger partial charge in [0.05, 0.1) is 17.8 Å². The Kier molecular flexibility index (Phi) is 8.26. The number of fused-ring (bicyclic) bond motifs is 1. The molecule has 7 nitrogen and oxygen atoms in total. The summed E-state index contributed by atoms with van der Waals surface area (Å²) in [6, 6.07) is 6.38. The van der Waals surface area contributed by atoms with Crippen molar-refractivity contribution in [1.29, 1.82) is 0 Å². The molecule has 0 spiro atoms. The van der Waals surface area contributed by atoms with Crippen molar-refractivity contribution >= 4 is 38.7 Å². The van der Waals surface area contributed by atoms with Crippen molar-refractivity contribution in [2.75, 3.05) is 17.7 Å². The number of hydrogen-bond acceptors (Lipinski definition) is 8. The molecule has 2 aromatic carbocycles. The van der Waals surface area contributed by atoms with Crippen LogP contribution in [-0.4, -0.2) is 39.7 Å². The quantitative estimate of drug-likeness (QED) is 0.290. The molecule has 12 heteroatoms. The molecule has 0 aliphatic heterocycles. The van der Waals surface area contributed by atoms with E-state index in [0.29, 0.717) is 27.9 Å². The third-order valence-corrected chi connectivity index (χ3v) is 5.85. The Balaban J connectivity index is 1.99. The van der Waals surface area contributed by atoms with E-state index in [4.69, 9.17) is 9.84 Å². The van der Waals surface area contributed by atoms with Crippen LogP contribution in [0.5, 0.6) is 5.75 Å². The minimum Gasteiger partial charge on any atom is -0.476 e. The van der Waals surface area contributed by atoms with Crippen LogP contribution in [0.1, 0.15) is 25.3 Å². The van der Waals surface area contributed by atoms with Gasteiger partial charge in [-0.3, -0.25) is 0 Å². The highest BCUT2D eigenvalue weighted by molar-refractivity contribution is 7.74. The molecule has 184 valence electrons. The first-order valence-electron chi connectivity index (χ1n) is 10.4. The molecule has 0 saturated heterocycles. The van der Waals surface area contributed by atoms with Gasteiger partial charge in [0, 0.05) is 17.1 Å². The number of ether oxygens (including phenoxy) is 1. The lowest BCUT2D eigenvalue weighted by atomic mass is 10.1. The number of halogens is 4. The lowest BCUT2D eigenvalue weighted by Gasteiger charge is -2.22. The van der Waals surface area contributed by atoms with Crippen molar-refractivity contribution in [2.45, 2.75) is 39.0 Å². The van der Waals surface area contributed by atoms with Gasteiger partial charge in [-0.25, -0.2) is 14.4 Å². The van der Waals surface area contributed by atoms with Gasteiger partial charge in [0.15, 0.2) is 0 Å². The normalized spacial score (nSPS) is 13.7. The van der Waals surface area contributed by atoms with Crippen LogP contribution in [0.15, 0.2) is 41.0 Å². The van der Waals surface area contributed by atoms with E-state index >= 15 is 0 Å². The number of aromatic nitrogens is 2. The fourth-order valence-corrected chi connectivity index (χ4v) is 4.10. The van der Waals surface area contributed by atoms with E-state index in [1.54, 1.807) is 19.1 Å². The highest BCUT2D eigenvalue weighted by Gasteiger charge is 2.41. The monoisotopic (exact) mass is 499 g/mol. The van der Waals surface area contributed by atoms with Gasteiger partial charge >= 0.3 is 6.18 Å². The van der Waals surface area contributed by atoms with Crippen LogP contribution in [0.25, 0.3) is 10.9 Å². The minimum absolute atomic E-state index is 0.0120. The van der Waals surface area contributed by atoms with Crippen LogP contribution in [0, 0.1) is 12.7 Å². The Hall–Kier alpha value is -2.99. The Morgan fingerprint density at radius 3 is 2.68 bits per heavy atom. The molecule has 0 radical (unpaired) electrons. The summed E-state index contributed by atoms with van der Waals surface area (Å²) in [6.45, 7) is 2.42. The Morgan fingerprint density at radius 1 is 1.24 bits per heavy atom. The van der Waals surface area contributed by atoms with Crippen LogP contribution in [0.4, 0.5) is 34.8 Å². The molecule has 1 atom stereocenters. The predicted octanol–water partition coefficient (Wildman–Crippen LogP) is 5.70. The fourth-order valence-electron chi connectivity index (χ4n) is 3.14. The number of aliphatic hydroxyl groups is 1. The fraction of sp³-hybridized carbons (Fsp3) is 0.364. The molecule has 34 heavy (non-hydrogen) atoms. The average molecular weight is 500 g/mol. The van der Waals surface area contributed by atoms with Crippen molar-refractivity contribution in [3.8, 4) is 5.75 Å². The number of anilines is 2. The molecule has 0 amide bonds. The van der Waals surface area contributed by atoms with Gasteiger partial charge in [-0.15, -0.1) is 0 Å². The minimum atomic E-state index is -4.85. The van der Waals surface area contributed by atoms with Gasteiger partial charge in [0.1, 0.15) is 23.7 Å². The van der Waals surface area contributed by atoms with Gasteiger partial charge in [-0.2, -0.15) is 23.8 Å². The van der Waals surface area contributed by atoms with Crippen molar-refractivity contribution in [3.05, 3.63) is 48.0 Å². The number of unbranched alkanes of at least 4 members (excludes halogenated alkanes) is 1. The van der Waals surface area contributed by atoms with Crippen LogP contribution >= 0.6 is 0 Å². The number of hydrogen-bond donors (Lipinski definition) is 2. The molecule has 2 N–H and O–H groups in total. The van der Waals surface area contributed by atoms with E-state index in [2.05, 4.69) is 19.6 Å². The second-order valence-electron chi connectivity index (χ2n) is 7.45. The van der Waals surface area contributed by atoms with Crippen molar-refractivity contribution in [1.82, 2.24) is 9.97 Å². The van der Waals surface area contributed by atoms with Crippen LogP contribution < -0.4 is 10.1 Å². The predicted molar refractivity (Wildman–Crippen MR) is 121 cm³/mol. The first-order valence-corrected chi connectivity index (χ1v) is 11.7. The second kappa shape index (κ2) is 11.0. The summed E-state index contributed by atoms with van der Waals surface area (Å²) in [4.78, 5) is 8.39. The Bertz CT molecular complexity index is 1250. The molecular weight excluding hydrogens is 476 g/mol. The summed E-state index contributed by atoms with van der Waals surface area (Å²) >= 11 is 0. The first kappa shape index (κ1) is 25.6. The average Bonchev–Trinajstić information content (AvgIpc) is 2.76. The standard InChI is InChI=1S/C22H23F4N4O3S/c1-3-4-7-34(32)30-15-8-13(2)20-17(10-15)27-12-28-21(20)29-16-6-5-14(23)9-18(16)33-19(11-31)22(24,25)26/h5-6,8-10,12,19,31H,3-4,7,11H2,1-2H3,(H,27,28,29)/q-1/t19-/m1/s1. The summed E-state index contributed by atoms with van der Waals surface area (Å²) < 4.78 is 74.2. The lowest BCUT2D eigenvalue weighted by Crippen LogP contribution is -2.37. The number of rotatable bonds is 9. The third-order valence-electron chi connectivity index (χ3n) is 4.80. The smallest absolute Gasteiger partial charge is 0.427 e. The highest BCUT2D eigenvalue weighted by Crippen LogP contribution is 2.35. The number of alkyl halides is 3. The van der Waals surface area contributed by atoms with Crippen LogP contribution in [0.2, 0.25) is 0 Å². The Morgan fingerprint density at radius 2 is 2.00 bits per heavy atom. The molecule has 0 aliphatic carbocycles. The van der Waals surface area contributed by atoms with E-state index in [1.165, 1.54) is 12.4 Å². The zero-order valence-corrected chi connectivity index (χ0v) is 19.2. The molecule has 0 bridgehead atoms. The number of aryl methyl sites for hydroxylation is 1. The maximum Gasteiger partial charge on any atom is 0.427 e. The zero-order chi connectivity index (χ0) is 24.9. The first-order chi connectivity index (χ1) is 16.1. The van der Waals surface area contributed by atoms with Gasteiger partial charge in [0.25, 0.3) is 0 Å². The lowest BCUT2D eigenvalue weighted by molar-refractivity contribution is -0.203. The van der Waals surface area contributed by atoms with Crippen molar-refractivity contribution in [3.63, 3.8) is 0 Å². The second-order valence-corrected chi connectivity index (χ2v) is 8.68. The van der Waals surface area contributed by atoms with E-state index in [9.17, 15) is 21.8 Å². The molecule has 3 aromatic rings. The van der Waals surface area contributed by atoms with Gasteiger partial charge in [0.2, 0.25) is 6.10 Å². The molecule has 0 aliphatic rings. The number of benzene rings is 2. The summed E-state index contributed by atoms with van der Waals surface area (Å²) in [5.41, 5.74) is 1.64. The molecule has 0 fully saturated rings. The van der Waals surface area contributed by atoms with Crippen molar-refractivity contribution in [2.24, 2.45) is 4.36 Å². The third kappa shape index (κ3) is 6.32. The van der Waals surface area contributed by atoms with Gasteiger partial charge in [-0.1, -0.05) is 25.5 Å². The maximum atomic E-state index is 13.8. The largest absolute Gasteiger partial charge is 0.476 e. The molecule has 1 aromatic heterocycles. The number of nitrogens with zero attached hydrogens (tertiary/aromatic N) is 3.